The Morgan fingerprint density at radius 1 is 1.00 bits per heavy atom. The van der Waals surface area contributed by atoms with Crippen LogP contribution in [0.3, 0.4) is 0 Å². The van der Waals surface area contributed by atoms with Gasteiger partial charge in [-0.05, 0) is 63.0 Å². The van der Waals surface area contributed by atoms with Crippen LogP contribution >= 0.6 is 15.9 Å². The number of hydrogen-bond donors (Lipinski definition) is 2. The topological polar surface area (TPSA) is 82.9 Å². The van der Waals surface area contributed by atoms with Crippen LogP contribution in [-0.2, 0) is 0 Å². The molecule has 0 atom stereocenters. The van der Waals surface area contributed by atoms with Gasteiger partial charge in [-0.2, -0.15) is 15.2 Å². The van der Waals surface area contributed by atoms with E-state index in [1.807, 2.05) is 49.5 Å². The van der Waals surface area contributed by atoms with Gasteiger partial charge in [-0.15, -0.1) is 0 Å². The molecule has 4 aromatic rings. The zero-order valence-corrected chi connectivity index (χ0v) is 19.6. The summed E-state index contributed by atoms with van der Waals surface area (Å²) >= 11 is 3.70. The van der Waals surface area contributed by atoms with Crippen LogP contribution < -0.4 is 15.4 Å². The summed E-state index contributed by atoms with van der Waals surface area (Å²) in [4.78, 5) is 9.32. The van der Waals surface area contributed by atoms with E-state index in [1.165, 1.54) is 0 Å². The lowest BCUT2D eigenvalue weighted by atomic mass is 10.1. The first-order chi connectivity index (χ1) is 15.5. The van der Waals surface area contributed by atoms with Gasteiger partial charge in [0, 0.05) is 12.7 Å². The van der Waals surface area contributed by atoms with Gasteiger partial charge in [0.25, 0.3) is 0 Å². The number of benzene rings is 3. The van der Waals surface area contributed by atoms with E-state index in [-0.39, 0.29) is 5.92 Å². The van der Waals surface area contributed by atoms with Crippen LogP contribution in [0.2, 0.25) is 0 Å². The first-order valence-corrected chi connectivity index (χ1v) is 11.0. The predicted octanol–water partition coefficient (Wildman–Crippen LogP) is 6.96. The highest BCUT2D eigenvalue weighted by molar-refractivity contribution is 9.10. The molecule has 160 valence electrons. The van der Waals surface area contributed by atoms with Crippen molar-refractivity contribution in [1.82, 2.24) is 9.97 Å². The molecule has 0 aliphatic rings. The minimum absolute atomic E-state index is 0.135. The Bertz CT molecular complexity index is 1310. The Morgan fingerprint density at radius 2 is 1.75 bits per heavy atom. The number of ether oxygens (including phenoxy) is 1. The molecule has 7 heteroatoms. The monoisotopic (exact) mass is 487 g/mol. The van der Waals surface area contributed by atoms with Gasteiger partial charge in [-0.1, -0.05) is 44.2 Å². The average molecular weight is 488 g/mol. The molecule has 0 radical (unpaired) electrons. The molecule has 0 fully saturated rings. The van der Waals surface area contributed by atoms with Gasteiger partial charge in [-0.3, -0.25) is 0 Å². The molecule has 0 aliphatic carbocycles. The Labute approximate surface area is 195 Å². The molecule has 1 heterocycles. The molecule has 0 aliphatic heterocycles. The highest BCUT2D eigenvalue weighted by atomic mass is 79.9. The van der Waals surface area contributed by atoms with E-state index in [0.717, 1.165) is 26.5 Å². The molecule has 0 unspecified atom stereocenters. The van der Waals surface area contributed by atoms with E-state index in [9.17, 15) is 0 Å². The van der Waals surface area contributed by atoms with Gasteiger partial charge < -0.3 is 15.4 Å². The van der Waals surface area contributed by atoms with Crippen LogP contribution in [-0.4, -0.2) is 17.0 Å². The molecule has 3 aromatic carbocycles. The highest BCUT2D eigenvalue weighted by Crippen LogP contribution is 2.39. The number of anilines is 3. The van der Waals surface area contributed by atoms with Crippen molar-refractivity contribution in [2.45, 2.75) is 19.8 Å². The predicted molar refractivity (Wildman–Crippen MR) is 132 cm³/mol. The van der Waals surface area contributed by atoms with Gasteiger partial charge in [0.2, 0.25) is 11.8 Å². The molecule has 2 N–H and O–H groups in total. The Morgan fingerprint density at radius 3 is 2.44 bits per heavy atom. The van der Waals surface area contributed by atoms with Gasteiger partial charge in [0.05, 0.1) is 21.7 Å². The van der Waals surface area contributed by atoms with Crippen molar-refractivity contribution in [3.05, 3.63) is 76.3 Å². The van der Waals surface area contributed by atoms with Gasteiger partial charge >= 0.3 is 0 Å². The van der Waals surface area contributed by atoms with Crippen molar-refractivity contribution >= 4 is 44.2 Å². The normalized spacial score (nSPS) is 10.8. The van der Waals surface area contributed by atoms with Gasteiger partial charge in [0.1, 0.15) is 11.6 Å². The summed E-state index contributed by atoms with van der Waals surface area (Å²) in [6, 6.07) is 21.3. The number of rotatable bonds is 6. The molecule has 0 bridgehead atoms. The van der Waals surface area contributed by atoms with Crippen molar-refractivity contribution < 1.29 is 4.74 Å². The maximum Gasteiger partial charge on any atom is 0.232 e. The minimum atomic E-state index is 0.135. The third-order valence-corrected chi connectivity index (χ3v) is 5.85. The number of fused-ring (bicyclic) bond motifs is 1. The van der Waals surface area contributed by atoms with Crippen LogP contribution in [0.1, 0.15) is 30.9 Å². The van der Waals surface area contributed by atoms with Crippen molar-refractivity contribution in [3.8, 4) is 17.7 Å². The standard InChI is InChI=1S/C25H22BrN5O/c1-15(2)21-23(28-3)30-25(29-18-11-8-16(14-27)9-12-18)31-24(21)32-20-13-10-17-6-4-5-7-19(17)22(20)26/h4-13,15H,1-3H3,(H2,28,29,30,31). The summed E-state index contributed by atoms with van der Waals surface area (Å²) in [5, 5.41) is 17.6. The first kappa shape index (κ1) is 21.6. The molecule has 4 rings (SSSR count). The van der Waals surface area contributed by atoms with E-state index in [1.54, 1.807) is 12.1 Å². The molecule has 0 amide bonds. The van der Waals surface area contributed by atoms with Crippen molar-refractivity contribution in [2.75, 3.05) is 17.7 Å². The summed E-state index contributed by atoms with van der Waals surface area (Å²) in [6.45, 7) is 4.16. The van der Waals surface area contributed by atoms with Crippen molar-refractivity contribution in [1.29, 1.82) is 5.26 Å². The lowest BCUT2D eigenvalue weighted by Crippen LogP contribution is -2.08. The maximum absolute atomic E-state index is 9.01. The van der Waals surface area contributed by atoms with E-state index in [0.29, 0.717) is 29.0 Å². The van der Waals surface area contributed by atoms with Crippen LogP contribution in [0.4, 0.5) is 17.5 Å². The number of nitrogens with zero attached hydrogens (tertiary/aromatic N) is 3. The molecule has 0 spiro atoms. The molecular weight excluding hydrogens is 466 g/mol. The van der Waals surface area contributed by atoms with E-state index < -0.39 is 0 Å². The van der Waals surface area contributed by atoms with Crippen LogP contribution in [0.5, 0.6) is 11.6 Å². The fraction of sp³-hybridized carbons (Fsp3) is 0.160. The quantitative estimate of drug-likeness (QED) is 0.305. The third-order valence-electron chi connectivity index (χ3n) is 5.03. The molecule has 1 aromatic heterocycles. The summed E-state index contributed by atoms with van der Waals surface area (Å²) in [6.07, 6.45) is 0. The number of hydrogen-bond acceptors (Lipinski definition) is 6. The summed E-state index contributed by atoms with van der Waals surface area (Å²) in [7, 11) is 1.83. The second kappa shape index (κ2) is 9.25. The molecule has 6 nitrogen and oxygen atoms in total. The number of aromatic nitrogens is 2. The number of nitriles is 1. The van der Waals surface area contributed by atoms with Crippen molar-refractivity contribution in [3.63, 3.8) is 0 Å². The lowest BCUT2D eigenvalue weighted by Gasteiger charge is -2.19. The SMILES string of the molecule is CNc1nc(Nc2ccc(C#N)cc2)nc(Oc2ccc3ccccc3c2Br)c1C(C)C. The summed E-state index contributed by atoms with van der Waals surface area (Å²) in [5.74, 6) is 2.38. The third kappa shape index (κ3) is 4.36. The minimum Gasteiger partial charge on any atom is -0.437 e. The number of halogens is 1. The lowest BCUT2D eigenvalue weighted by molar-refractivity contribution is 0.451. The highest BCUT2D eigenvalue weighted by Gasteiger charge is 2.20. The Hall–Kier alpha value is -3.63. The van der Waals surface area contributed by atoms with Crippen LogP contribution in [0.15, 0.2) is 65.1 Å². The molecule has 0 saturated heterocycles. The Kier molecular flexibility index (Phi) is 6.24. The average Bonchev–Trinajstić information content (AvgIpc) is 2.81. The molecule has 32 heavy (non-hydrogen) atoms. The molecule has 0 saturated carbocycles. The zero-order valence-electron chi connectivity index (χ0n) is 18.0. The largest absolute Gasteiger partial charge is 0.437 e. The second-order valence-corrected chi connectivity index (χ2v) is 8.33. The molecular formula is C25H22BrN5O. The van der Waals surface area contributed by atoms with E-state index in [4.69, 9.17) is 10.00 Å². The summed E-state index contributed by atoms with van der Waals surface area (Å²) in [5.41, 5.74) is 2.26. The van der Waals surface area contributed by atoms with E-state index in [2.05, 4.69) is 62.5 Å². The zero-order chi connectivity index (χ0) is 22.7. The smallest absolute Gasteiger partial charge is 0.232 e. The van der Waals surface area contributed by atoms with Gasteiger partial charge in [0.15, 0.2) is 0 Å². The number of nitrogens with one attached hydrogen (secondary N) is 2. The van der Waals surface area contributed by atoms with Crippen LogP contribution in [0.25, 0.3) is 10.8 Å². The first-order valence-electron chi connectivity index (χ1n) is 10.2. The van der Waals surface area contributed by atoms with Crippen LogP contribution in [0, 0.1) is 11.3 Å². The maximum atomic E-state index is 9.01. The summed E-state index contributed by atoms with van der Waals surface area (Å²) < 4.78 is 7.22. The second-order valence-electron chi connectivity index (χ2n) is 7.53. The fourth-order valence-corrected chi connectivity index (χ4v) is 4.02. The van der Waals surface area contributed by atoms with E-state index >= 15 is 0 Å². The fourth-order valence-electron chi connectivity index (χ4n) is 3.45. The van der Waals surface area contributed by atoms with Gasteiger partial charge in [-0.25, -0.2) is 0 Å². The Balaban J connectivity index is 1.76. The van der Waals surface area contributed by atoms with Crippen molar-refractivity contribution in [2.24, 2.45) is 0 Å².